The number of nitrogens with one attached hydrogen (secondary N) is 1. The van der Waals surface area contributed by atoms with Crippen molar-refractivity contribution in [2.45, 2.75) is 52.1 Å². The van der Waals surface area contributed by atoms with Crippen molar-refractivity contribution in [3.63, 3.8) is 0 Å². The number of carbonyl (C=O) groups is 2. The molecular weight excluding hydrogens is 383 g/mol. The fourth-order valence-electron chi connectivity index (χ4n) is 2.23. The smallest absolute Gasteiger partial charge is 0.410 e. The lowest BCUT2D eigenvalue weighted by atomic mass is 9.96. The average Bonchev–Trinajstić information content (AvgIpc) is 2.41. The van der Waals surface area contributed by atoms with Crippen LogP contribution in [0.5, 0.6) is 0 Å². The number of halogens is 1. The van der Waals surface area contributed by atoms with Crippen LogP contribution in [0, 0.1) is 5.92 Å². The van der Waals surface area contributed by atoms with Gasteiger partial charge in [0.2, 0.25) is 5.91 Å². The molecule has 1 saturated heterocycles. The minimum atomic E-state index is -0.468. The number of rotatable bonds is 5. The zero-order valence-electron chi connectivity index (χ0n) is 13.3. The average molecular weight is 410 g/mol. The van der Waals surface area contributed by atoms with Crippen molar-refractivity contribution in [1.29, 1.82) is 0 Å². The summed E-state index contributed by atoms with van der Waals surface area (Å²) in [6.45, 7) is 7.54. The molecule has 0 aromatic heterocycles. The van der Waals surface area contributed by atoms with E-state index in [2.05, 4.69) is 27.9 Å². The van der Waals surface area contributed by atoms with E-state index < -0.39 is 5.60 Å². The molecule has 1 heterocycles. The number of hydrogen-bond acceptors (Lipinski definition) is 3. The molecular formula is C15H27IN2O3. The lowest BCUT2D eigenvalue weighted by Crippen LogP contribution is -2.45. The minimum absolute atomic E-state index is 0.0308. The molecule has 5 nitrogen and oxygen atoms in total. The number of alkyl halides is 1. The second-order valence-corrected chi connectivity index (χ2v) is 7.51. The van der Waals surface area contributed by atoms with Gasteiger partial charge in [0.25, 0.3) is 0 Å². The summed E-state index contributed by atoms with van der Waals surface area (Å²) >= 11 is 2.34. The molecule has 1 rings (SSSR count). The van der Waals surface area contributed by atoms with Crippen molar-refractivity contribution in [1.82, 2.24) is 10.2 Å². The molecule has 0 aromatic rings. The van der Waals surface area contributed by atoms with Gasteiger partial charge in [0, 0.05) is 25.6 Å². The van der Waals surface area contributed by atoms with Crippen molar-refractivity contribution >= 4 is 34.6 Å². The minimum Gasteiger partial charge on any atom is -0.444 e. The zero-order valence-corrected chi connectivity index (χ0v) is 15.4. The van der Waals surface area contributed by atoms with E-state index in [1.807, 2.05) is 20.8 Å². The predicted molar refractivity (Wildman–Crippen MR) is 91.7 cm³/mol. The van der Waals surface area contributed by atoms with Crippen LogP contribution >= 0.6 is 22.6 Å². The van der Waals surface area contributed by atoms with Crippen LogP contribution in [0.2, 0.25) is 0 Å². The van der Waals surface area contributed by atoms with Gasteiger partial charge in [-0.05, 0) is 50.9 Å². The van der Waals surface area contributed by atoms with E-state index >= 15 is 0 Å². The van der Waals surface area contributed by atoms with E-state index in [0.29, 0.717) is 13.1 Å². The number of nitrogens with zero attached hydrogens (tertiary/aromatic N) is 1. The van der Waals surface area contributed by atoms with Crippen molar-refractivity contribution in [3.05, 3.63) is 0 Å². The van der Waals surface area contributed by atoms with Gasteiger partial charge in [0.15, 0.2) is 0 Å². The molecule has 0 radical (unpaired) electrons. The highest BCUT2D eigenvalue weighted by Crippen LogP contribution is 2.19. The van der Waals surface area contributed by atoms with E-state index in [0.717, 1.165) is 36.7 Å². The van der Waals surface area contributed by atoms with Gasteiger partial charge in [-0.1, -0.05) is 22.6 Å². The van der Waals surface area contributed by atoms with Crippen molar-refractivity contribution in [2.24, 2.45) is 5.92 Å². The molecule has 21 heavy (non-hydrogen) atoms. The molecule has 0 atom stereocenters. The molecule has 6 heteroatoms. The maximum atomic E-state index is 12.0. The van der Waals surface area contributed by atoms with Gasteiger partial charge in [-0.15, -0.1) is 0 Å². The maximum absolute atomic E-state index is 12.0. The number of piperidine rings is 1. The SMILES string of the molecule is CC(C)(C)OC(=O)N1CCC(C(=O)NCCCCI)CC1. The van der Waals surface area contributed by atoms with Crippen LogP contribution in [0.4, 0.5) is 4.79 Å². The zero-order chi connectivity index (χ0) is 15.9. The second-order valence-electron chi connectivity index (χ2n) is 6.43. The molecule has 1 fully saturated rings. The third kappa shape index (κ3) is 7.33. The second kappa shape index (κ2) is 8.80. The first kappa shape index (κ1) is 18.5. The fraction of sp³-hybridized carbons (Fsp3) is 0.867. The number of amides is 2. The summed E-state index contributed by atoms with van der Waals surface area (Å²) in [5, 5.41) is 2.99. The van der Waals surface area contributed by atoms with Gasteiger partial charge in [-0.2, -0.15) is 0 Å². The summed E-state index contributed by atoms with van der Waals surface area (Å²) in [5.74, 6) is 0.163. The molecule has 122 valence electrons. The first-order valence-electron chi connectivity index (χ1n) is 7.65. The van der Waals surface area contributed by atoms with E-state index in [4.69, 9.17) is 4.74 Å². The molecule has 0 bridgehead atoms. The van der Waals surface area contributed by atoms with Crippen molar-refractivity contribution in [3.8, 4) is 0 Å². The Labute approximate surface area is 141 Å². The number of carbonyl (C=O) groups excluding carboxylic acids is 2. The summed E-state index contributed by atoms with van der Waals surface area (Å²) in [6.07, 6.45) is 3.33. The molecule has 1 aliphatic rings. The first-order valence-corrected chi connectivity index (χ1v) is 9.17. The van der Waals surface area contributed by atoms with Crippen LogP contribution in [0.15, 0.2) is 0 Å². The topological polar surface area (TPSA) is 58.6 Å². The molecule has 0 unspecified atom stereocenters. The number of hydrogen-bond donors (Lipinski definition) is 1. The third-order valence-corrected chi connectivity index (χ3v) is 4.14. The highest BCUT2D eigenvalue weighted by Gasteiger charge is 2.29. The lowest BCUT2D eigenvalue weighted by molar-refractivity contribution is -0.126. The van der Waals surface area contributed by atoms with E-state index in [1.54, 1.807) is 4.90 Å². The Morgan fingerprint density at radius 1 is 1.24 bits per heavy atom. The molecule has 0 aromatic carbocycles. The molecule has 1 aliphatic heterocycles. The summed E-state index contributed by atoms with van der Waals surface area (Å²) < 4.78 is 6.48. The Morgan fingerprint density at radius 2 is 1.86 bits per heavy atom. The molecule has 1 N–H and O–H groups in total. The Morgan fingerprint density at radius 3 is 2.38 bits per heavy atom. The van der Waals surface area contributed by atoms with E-state index in [9.17, 15) is 9.59 Å². The molecule has 0 saturated carbocycles. The van der Waals surface area contributed by atoms with Gasteiger partial charge >= 0.3 is 6.09 Å². The summed E-state index contributed by atoms with van der Waals surface area (Å²) in [7, 11) is 0. The van der Waals surface area contributed by atoms with Crippen molar-refractivity contribution in [2.75, 3.05) is 24.1 Å². The number of unbranched alkanes of at least 4 members (excludes halogenated alkanes) is 1. The summed E-state index contributed by atoms with van der Waals surface area (Å²) in [6, 6.07) is 0. The highest BCUT2D eigenvalue weighted by molar-refractivity contribution is 14.1. The van der Waals surface area contributed by atoms with E-state index in [-0.39, 0.29) is 17.9 Å². The Hall–Kier alpha value is -0.530. The van der Waals surface area contributed by atoms with Crippen LogP contribution in [0.1, 0.15) is 46.5 Å². The van der Waals surface area contributed by atoms with E-state index in [1.165, 1.54) is 0 Å². The van der Waals surface area contributed by atoms with Crippen LogP contribution in [-0.4, -0.2) is 46.6 Å². The van der Waals surface area contributed by atoms with Gasteiger partial charge in [-0.25, -0.2) is 4.79 Å². The quantitative estimate of drug-likeness (QED) is 0.431. The first-order chi connectivity index (χ1) is 9.83. The normalized spacial score (nSPS) is 16.7. The van der Waals surface area contributed by atoms with Crippen LogP contribution in [0.25, 0.3) is 0 Å². The van der Waals surface area contributed by atoms with Gasteiger partial charge in [-0.3, -0.25) is 4.79 Å². The number of ether oxygens (including phenoxy) is 1. The predicted octanol–water partition coefficient (Wildman–Crippen LogP) is 2.96. The van der Waals surface area contributed by atoms with Gasteiger partial charge in [0.1, 0.15) is 5.60 Å². The highest BCUT2D eigenvalue weighted by atomic mass is 127. The molecule has 2 amide bonds. The monoisotopic (exact) mass is 410 g/mol. The lowest BCUT2D eigenvalue weighted by Gasteiger charge is -2.32. The molecule has 0 aliphatic carbocycles. The van der Waals surface area contributed by atoms with Crippen molar-refractivity contribution < 1.29 is 14.3 Å². The molecule has 0 spiro atoms. The Bertz CT molecular complexity index is 347. The largest absolute Gasteiger partial charge is 0.444 e. The fourth-order valence-corrected chi connectivity index (χ4v) is 2.77. The van der Waals surface area contributed by atoms with Crippen LogP contribution in [-0.2, 0) is 9.53 Å². The van der Waals surface area contributed by atoms with Gasteiger partial charge < -0.3 is 15.0 Å². The van der Waals surface area contributed by atoms with Gasteiger partial charge in [0.05, 0.1) is 0 Å². The standard InChI is InChI=1S/C15H27IN2O3/c1-15(2,3)21-14(20)18-10-6-12(7-11-18)13(19)17-9-5-4-8-16/h12H,4-11H2,1-3H3,(H,17,19). The third-order valence-electron chi connectivity index (χ3n) is 3.38. The summed E-state index contributed by atoms with van der Waals surface area (Å²) in [4.78, 5) is 25.7. The van der Waals surface area contributed by atoms with Crippen LogP contribution < -0.4 is 5.32 Å². The maximum Gasteiger partial charge on any atom is 0.410 e. The Kier molecular flexibility index (Phi) is 7.76. The van der Waals surface area contributed by atoms with Crippen LogP contribution in [0.3, 0.4) is 0 Å². The Balaban J connectivity index is 2.28. The number of likely N-dealkylation sites (tertiary alicyclic amines) is 1. The summed E-state index contributed by atoms with van der Waals surface area (Å²) in [5.41, 5.74) is -0.468.